The maximum atomic E-state index is 12.7. The van der Waals surface area contributed by atoms with Gasteiger partial charge in [-0.15, -0.1) is 0 Å². The number of aryl methyl sites for hydroxylation is 2. The Kier molecular flexibility index (Phi) is 4.28. The van der Waals surface area contributed by atoms with Crippen molar-refractivity contribution in [2.45, 2.75) is 59.4 Å². The lowest BCUT2D eigenvalue weighted by atomic mass is 9.86. The first-order valence-electron chi connectivity index (χ1n) is 8.41. The molecule has 2 aromatic heterocycles. The Hall–Kier alpha value is -2.04. The maximum Gasteiger partial charge on any atom is 0.253 e. The van der Waals surface area contributed by atoms with Gasteiger partial charge in [-0.1, -0.05) is 24.9 Å². The van der Waals surface area contributed by atoms with E-state index in [9.17, 15) is 4.79 Å². The number of carbonyl (C=O) groups is 1. The second-order valence-electron chi connectivity index (χ2n) is 6.76. The smallest absolute Gasteiger partial charge is 0.253 e. The summed E-state index contributed by atoms with van der Waals surface area (Å²) >= 11 is 0. The lowest BCUT2D eigenvalue weighted by Crippen LogP contribution is -2.41. The number of hydrogen-bond donors (Lipinski definition) is 1. The number of hydrogen-bond acceptors (Lipinski definition) is 3. The molecular weight excluding hydrogens is 290 g/mol. The second kappa shape index (κ2) is 6.22. The Morgan fingerprint density at radius 2 is 2.00 bits per heavy atom. The molecule has 2 unspecified atom stereocenters. The fourth-order valence-corrected chi connectivity index (χ4v) is 3.58. The fraction of sp³-hybridized carbons (Fsp3) is 0.556. The van der Waals surface area contributed by atoms with Gasteiger partial charge in [0.25, 0.3) is 5.91 Å². The summed E-state index contributed by atoms with van der Waals surface area (Å²) in [6, 6.07) is 4.10. The van der Waals surface area contributed by atoms with Gasteiger partial charge in [0.1, 0.15) is 5.76 Å². The van der Waals surface area contributed by atoms with Gasteiger partial charge in [-0.2, -0.15) is 0 Å². The van der Waals surface area contributed by atoms with Crippen molar-refractivity contribution in [1.29, 1.82) is 0 Å². The molecule has 3 rings (SSSR count). The van der Waals surface area contributed by atoms with E-state index in [1.165, 1.54) is 19.3 Å². The van der Waals surface area contributed by atoms with Crippen LogP contribution in [0, 0.1) is 26.7 Å². The molecule has 5 heteroatoms. The van der Waals surface area contributed by atoms with Crippen LogP contribution >= 0.6 is 0 Å². The van der Waals surface area contributed by atoms with Gasteiger partial charge in [0.15, 0.2) is 5.82 Å². The summed E-state index contributed by atoms with van der Waals surface area (Å²) in [7, 11) is 0. The zero-order chi connectivity index (χ0) is 16.6. The largest absolute Gasteiger partial charge is 0.360 e. The molecule has 2 atom stereocenters. The van der Waals surface area contributed by atoms with E-state index in [0.717, 1.165) is 35.0 Å². The molecule has 0 aliphatic heterocycles. The fourth-order valence-electron chi connectivity index (χ4n) is 3.58. The van der Waals surface area contributed by atoms with Crippen molar-refractivity contribution in [3.05, 3.63) is 34.8 Å². The zero-order valence-corrected chi connectivity index (χ0v) is 14.3. The first-order chi connectivity index (χ1) is 11.0. The first kappa shape index (κ1) is 15.8. The van der Waals surface area contributed by atoms with Crippen LogP contribution in [-0.4, -0.2) is 21.7 Å². The van der Waals surface area contributed by atoms with Crippen LogP contribution in [0.25, 0.3) is 5.82 Å². The molecular formula is C18H25N3O2. The van der Waals surface area contributed by atoms with Crippen LogP contribution in [0.15, 0.2) is 16.7 Å². The van der Waals surface area contributed by atoms with Crippen molar-refractivity contribution in [2.24, 2.45) is 5.92 Å². The van der Waals surface area contributed by atoms with Gasteiger partial charge in [-0.25, -0.2) is 0 Å². The zero-order valence-electron chi connectivity index (χ0n) is 14.3. The van der Waals surface area contributed by atoms with Crippen molar-refractivity contribution >= 4 is 5.91 Å². The average molecular weight is 315 g/mol. The molecule has 1 aliphatic rings. The minimum atomic E-state index is 0.0170. The monoisotopic (exact) mass is 315 g/mol. The minimum Gasteiger partial charge on any atom is -0.360 e. The third-order valence-corrected chi connectivity index (χ3v) is 4.95. The first-order valence-corrected chi connectivity index (χ1v) is 8.41. The summed E-state index contributed by atoms with van der Waals surface area (Å²) in [5, 5.41) is 7.29. The summed E-state index contributed by atoms with van der Waals surface area (Å²) < 4.78 is 7.13. The van der Waals surface area contributed by atoms with Gasteiger partial charge in [-0.05, 0) is 45.6 Å². The summed E-state index contributed by atoms with van der Waals surface area (Å²) in [5.41, 5.74) is 2.61. The van der Waals surface area contributed by atoms with E-state index >= 15 is 0 Å². The summed E-state index contributed by atoms with van der Waals surface area (Å²) in [4.78, 5) is 12.7. The van der Waals surface area contributed by atoms with Crippen LogP contribution in [0.3, 0.4) is 0 Å². The highest BCUT2D eigenvalue weighted by molar-refractivity contribution is 5.96. The van der Waals surface area contributed by atoms with Crippen molar-refractivity contribution in [2.75, 3.05) is 0 Å². The lowest BCUT2D eigenvalue weighted by Gasteiger charge is -2.29. The number of nitrogens with one attached hydrogen (secondary N) is 1. The number of nitrogens with zero attached hydrogens (tertiary/aromatic N) is 2. The Labute approximate surface area is 137 Å². The van der Waals surface area contributed by atoms with Crippen LogP contribution in [0.4, 0.5) is 0 Å². The van der Waals surface area contributed by atoms with E-state index in [4.69, 9.17) is 4.52 Å². The van der Waals surface area contributed by atoms with Crippen molar-refractivity contribution in [1.82, 2.24) is 15.0 Å². The second-order valence-corrected chi connectivity index (χ2v) is 6.76. The standard InChI is InChI=1S/C18H25N3O2/c1-11-7-5-6-8-16(11)19-18(22)15-9-12(2)21(14(15)4)17-10-13(3)23-20-17/h9-11,16H,5-8H2,1-4H3,(H,19,22). The molecule has 0 saturated heterocycles. The Morgan fingerprint density at radius 1 is 1.26 bits per heavy atom. The molecule has 1 fully saturated rings. The van der Waals surface area contributed by atoms with Gasteiger partial charge >= 0.3 is 0 Å². The van der Waals surface area contributed by atoms with Crippen LogP contribution < -0.4 is 5.32 Å². The van der Waals surface area contributed by atoms with E-state index in [2.05, 4.69) is 17.4 Å². The lowest BCUT2D eigenvalue weighted by molar-refractivity contribution is 0.0909. The van der Waals surface area contributed by atoms with Gasteiger partial charge in [-0.3, -0.25) is 9.36 Å². The van der Waals surface area contributed by atoms with E-state index in [-0.39, 0.29) is 11.9 Å². The van der Waals surface area contributed by atoms with E-state index in [0.29, 0.717) is 5.92 Å². The average Bonchev–Trinajstić information content (AvgIpc) is 3.05. The Bertz CT molecular complexity index is 714. The molecule has 1 amide bonds. The molecule has 0 bridgehead atoms. The number of amides is 1. The topological polar surface area (TPSA) is 60.1 Å². The van der Waals surface area contributed by atoms with Crippen molar-refractivity contribution in [3.8, 4) is 5.82 Å². The predicted octanol–water partition coefficient (Wildman–Crippen LogP) is 3.70. The number of aromatic nitrogens is 2. The molecule has 1 aliphatic carbocycles. The quantitative estimate of drug-likeness (QED) is 0.939. The van der Waals surface area contributed by atoms with E-state index in [1.807, 2.05) is 37.5 Å². The predicted molar refractivity (Wildman–Crippen MR) is 88.9 cm³/mol. The van der Waals surface area contributed by atoms with Crippen molar-refractivity contribution < 1.29 is 9.32 Å². The minimum absolute atomic E-state index is 0.0170. The normalized spacial score (nSPS) is 21.4. The molecule has 1 N–H and O–H groups in total. The Morgan fingerprint density at radius 3 is 2.65 bits per heavy atom. The third kappa shape index (κ3) is 3.05. The van der Waals surface area contributed by atoms with Crippen molar-refractivity contribution in [3.63, 3.8) is 0 Å². The van der Waals surface area contributed by atoms with Gasteiger partial charge < -0.3 is 9.84 Å². The van der Waals surface area contributed by atoms with Crippen LogP contribution in [0.2, 0.25) is 0 Å². The summed E-state index contributed by atoms with van der Waals surface area (Å²) in [6.07, 6.45) is 4.75. The van der Waals surface area contributed by atoms with E-state index < -0.39 is 0 Å². The highest BCUT2D eigenvalue weighted by Crippen LogP contribution is 2.25. The van der Waals surface area contributed by atoms with E-state index in [1.54, 1.807) is 0 Å². The Balaban J connectivity index is 1.84. The SMILES string of the molecule is Cc1cc(-n2c(C)cc(C(=O)NC3CCCCC3C)c2C)no1. The summed E-state index contributed by atoms with van der Waals surface area (Å²) in [5.74, 6) is 2.05. The molecule has 23 heavy (non-hydrogen) atoms. The van der Waals surface area contributed by atoms with Crippen LogP contribution in [0.5, 0.6) is 0 Å². The highest BCUT2D eigenvalue weighted by Gasteiger charge is 2.25. The molecule has 2 aromatic rings. The maximum absolute atomic E-state index is 12.7. The molecule has 0 spiro atoms. The summed E-state index contributed by atoms with van der Waals surface area (Å²) in [6.45, 7) is 8.03. The van der Waals surface area contributed by atoms with Gasteiger partial charge in [0.05, 0.1) is 5.56 Å². The molecule has 2 heterocycles. The van der Waals surface area contributed by atoms with Crippen LogP contribution in [0.1, 0.15) is 60.1 Å². The third-order valence-electron chi connectivity index (χ3n) is 4.95. The molecule has 1 saturated carbocycles. The van der Waals surface area contributed by atoms with Gasteiger partial charge in [0.2, 0.25) is 0 Å². The van der Waals surface area contributed by atoms with Gasteiger partial charge in [0, 0.05) is 23.5 Å². The molecule has 0 aromatic carbocycles. The molecule has 0 radical (unpaired) electrons. The number of rotatable bonds is 3. The molecule has 124 valence electrons. The molecule has 5 nitrogen and oxygen atoms in total. The number of carbonyl (C=O) groups excluding carboxylic acids is 1. The highest BCUT2D eigenvalue weighted by atomic mass is 16.5. The van der Waals surface area contributed by atoms with Crippen LogP contribution in [-0.2, 0) is 0 Å².